The van der Waals surface area contributed by atoms with Gasteiger partial charge in [-0.05, 0) is 95.1 Å². The quantitative estimate of drug-likeness (QED) is 0.0353. The number of hydrogen-bond acceptors (Lipinski definition) is 10. The van der Waals surface area contributed by atoms with Crippen LogP contribution in [0.1, 0.15) is 182 Å². The number of carbonyl (C=O) groups is 5. The first-order valence-corrected chi connectivity index (χ1v) is 23.8. The molecule has 0 bridgehead atoms. The van der Waals surface area contributed by atoms with E-state index in [2.05, 4.69) is 26.0 Å². The first kappa shape index (κ1) is 50.5. The van der Waals surface area contributed by atoms with E-state index in [4.69, 9.17) is 14.2 Å². The second kappa shape index (κ2) is 23.5. The normalized spacial score (nSPS) is 30.9. The van der Waals surface area contributed by atoms with Crippen LogP contribution in [0.3, 0.4) is 0 Å². The molecule has 10 nitrogen and oxygen atoms in total. The van der Waals surface area contributed by atoms with Crippen LogP contribution in [0.4, 0.5) is 4.39 Å². The van der Waals surface area contributed by atoms with Crippen LogP contribution in [0.15, 0.2) is 36.0 Å². The molecular formula is C50H77FO10. The summed E-state index contributed by atoms with van der Waals surface area (Å²) in [5.41, 5.74) is -5.74. The van der Waals surface area contributed by atoms with Crippen molar-refractivity contribution in [1.29, 1.82) is 0 Å². The highest BCUT2D eigenvalue weighted by molar-refractivity contribution is 6.01. The molecule has 0 spiro atoms. The van der Waals surface area contributed by atoms with Crippen molar-refractivity contribution in [2.45, 2.75) is 206 Å². The highest BCUT2D eigenvalue weighted by atomic mass is 19.1. The number of aliphatic hydroxyl groups excluding tert-OH is 1. The summed E-state index contributed by atoms with van der Waals surface area (Å²) in [4.78, 5) is 63.1. The summed E-state index contributed by atoms with van der Waals surface area (Å²) in [6, 6.07) is 0. The first-order valence-electron chi connectivity index (χ1n) is 23.8. The van der Waals surface area contributed by atoms with Gasteiger partial charge in [0.15, 0.2) is 18.1 Å². The molecule has 0 unspecified atom stereocenters. The molecule has 0 aromatic rings. The smallest absolute Gasteiger partial charge is 0.306 e. The molecule has 0 aromatic carbocycles. The lowest BCUT2D eigenvalue weighted by atomic mass is 9.44. The number of esters is 3. The van der Waals surface area contributed by atoms with Crippen LogP contribution < -0.4 is 0 Å². The molecule has 0 aliphatic heterocycles. The molecule has 0 amide bonds. The predicted molar refractivity (Wildman–Crippen MR) is 233 cm³/mol. The number of aliphatic hydroxyl groups is 2. The summed E-state index contributed by atoms with van der Waals surface area (Å²) < 4.78 is 33.8. The fraction of sp³-hybridized carbons (Fsp3) is 0.780. The first-order chi connectivity index (χ1) is 29.1. The number of alkyl halides is 1. The fourth-order valence-corrected chi connectivity index (χ4v) is 11.2. The molecule has 3 fully saturated rings. The average Bonchev–Trinajstić information content (AvgIpc) is 3.42. The molecule has 0 heterocycles. The van der Waals surface area contributed by atoms with Crippen molar-refractivity contribution in [2.24, 2.45) is 28.6 Å². The van der Waals surface area contributed by atoms with Crippen molar-refractivity contribution in [3.63, 3.8) is 0 Å². The highest BCUT2D eigenvalue weighted by Crippen LogP contribution is 2.70. The maximum absolute atomic E-state index is 17.4. The maximum Gasteiger partial charge on any atom is 0.306 e. The number of halogens is 1. The third-order valence-electron chi connectivity index (χ3n) is 14.8. The van der Waals surface area contributed by atoms with Gasteiger partial charge in [0.25, 0.3) is 0 Å². The van der Waals surface area contributed by atoms with E-state index in [9.17, 15) is 34.2 Å². The van der Waals surface area contributed by atoms with Gasteiger partial charge in [-0.15, -0.1) is 0 Å². The molecule has 4 rings (SSSR count). The van der Waals surface area contributed by atoms with Gasteiger partial charge in [-0.1, -0.05) is 109 Å². The van der Waals surface area contributed by atoms with E-state index in [1.807, 2.05) is 0 Å². The van der Waals surface area contributed by atoms with Crippen LogP contribution in [0.2, 0.25) is 0 Å². The van der Waals surface area contributed by atoms with Crippen molar-refractivity contribution in [1.82, 2.24) is 0 Å². The fourth-order valence-electron chi connectivity index (χ4n) is 11.2. The summed E-state index contributed by atoms with van der Waals surface area (Å²) in [7, 11) is 0. The average molecular weight is 857 g/mol. The van der Waals surface area contributed by atoms with Crippen LogP contribution in [0.5, 0.6) is 0 Å². The lowest BCUT2D eigenvalue weighted by molar-refractivity contribution is -0.220. The van der Waals surface area contributed by atoms with Crippen molar-refractivity contribution >= 4 is 29.5 Å². The van der Waals surface area contributed by atoms with Crippen molar-refractivity contribution in [2.75, 3.05) is 13.2 Å². The lowest BCUT2D eigenvalue weighted by Crippen LogP contribution is -2.69. The van der Waals surface area contributed by atoms with E-state index in [0.29, 0.717) is 31.3 Å². The largest absolute Gasteiger partial charge is 0.466 e. The van der Waals surface area contributed by atoms with Crippen molar-refractivity contribution in [3.05, 3.63) is 36.0 Å². The Morgan fingerprint density at radius 2 is 1.51 bits per heavy atom. The lowest BCUT2D eigenvalue weighted by Gasteiger charge is -2.62. The number of carbonyl (C=O) groups excluding carboxylic acids is 5. The molecule has 2 N–H and O–H groups in total. The Hall–Kier alpha value is -3.18. The Kier molecular flexibility index (Phi) is 19.4. The number of ether oxygens (including phenoxy) is 3. The van der Waals surface area contributed by atoms with E-state index in [1.54, 1.807) is 26.8 Å². The van der Waals surface area contributed by atoms with Crippen LogP contribution >= 0.6 is 0 Å². The summed E-state index contributed by atoms with van der Waals surface area (Å²) >= 11 is 0. The van der Waals surface area contributed by atoms with E-state index in [1.165, 1.54) is 31.4 Å². The standard InChI is InChI=1S/C50H77FO10/c1-6-8-10-19-22-39(61-46(57)24-18-9-7-2)23-20-16-14-12-11-13-15-17-21-31-59-44(55)27-28-45(56)60-35-43(54)50(58)36(3)32-41-40-26-25-37-33-38(52)29-30-47(37,4)49(40,51)42(53)34-48(41,50)5/h16,20,29-30,33,36,39-42,53,58H,6-15,17-19,21-28,31-32,34-35H2,1-5H3/b20-16-/t36-,39-,40+,41+,42+,47+,48+,49+,50+/m1/s1. The van der Waals surface area contributed by atoms with Gasteiger partial charge >= 0.3 is 17.9 Å². The van der Waals surface area contributed by atoms with Crippen LogP contribution in [-0.2, 0) is 38.2 Å². The number of ketones is 2. The second-order valence-electron chi connectivity index (χ2n) is 19.0. The molecule has 4 aliphatic carbocycles. The zero-order valence-corrected chi connectivity index (χ0v) is 38.0. The zero-order chi connectivity index (χ0) is 44.7. The molecular weight excluding hydrogens is 780 g/mol. The number of fused-ring (bicyclic) bond motifs is 5. The molecule has 11 heteroatoms. The van der Waals surface area contributed by atoms with E-state index in [-0.39, 0.29) is 43.7 Å². The highest BCUT2D eigenvalue weighted by Gasteiger charge is 2.75. The molecule has 4 aliphatic rings. The Balaban J connectivity index is 1.08. The summed E-state index contributed by atoms with van der Waals surface area (Å²) in [6.07, 6.45) is 24.7. The van der Waals surface area contributed by atoms with Crippen LogP contribution in [0, 0.1) is 28.6 Å². The van der Waals surface area contributed by atoms with Crippen LogP contribution in [-0.4, -0.2) is 76.4 Å². The number of allylic oxidation sites excluding steroid dienone is 5. The summed E-state index contributed by atoms with van der Waals surface area (Å²) in [6.45, 7) is 9.09. The molecule has 0 aromatic heterocycles. The zero-order valence-electron chi connectivity index (χ0n) is 38.0. The third kappa shape index (κ3) is 12.1. The number of hydrogen-bond donors (Lipinski definition) is 2. The molecule has 3 saturated carbocycles. The van der Waals surface area contributed by atoms with Gasteiger partial charge < -0.3 is 24.4 Å². The SMILES string of the molecule is CCCCCC[C@H](C/C=C\CCCCCCCCOC(=O)CCC(=O)OCC(=O)[C@@]1(O)[C@H](C)C[C@H]2[C@@H]3CCC4=CC(=O)C=C[C@]4(C)[C@@]3(F)[C@@H](O)C[C@@]21C)OC(=O)CCCCC. The minimum Gasteiger partial charge on any atom is -0.466 e. The predicted octanol–water partition coefficient (Wildman–Crippen LogP) is 9.91. The minimum atomic E-state index is -2.08. The molecule has 61 heavy (non-hydrogen) atoms. The van der Waals surface area contributed by atoms with Gasteiger partial charge in [0.05, 0.1) is 25.6 Å². The van der Waals surface area contributed by atoms with Gasteiger partial charge in [-0.25, -0.2) is 4.39 Å². The van der Waals surface area contributed by atoms with Gasteiger partial charge in [0, 0.05) is 29.6 Å². The Morgan fingerprint density at radius 1 is 0.852 bits per heavy atom. The number of Topliss-reactive ketones (excluding diaryl/α,β-unsaturated/α-hetero) is 1. The molecule has 0 saturated heterocycles. The second-order valence-corrected chi connectivity index (χ2v) is 19.0. The Labute approximate surface area is 364 Å². The van der Waals surface area contributed by atoms with Crippen molar-refractivity contribution < 1.29 is 52.8 Å². The van der Waals surface area contributed by atoms with Gasteiger partial charge in [-0.3, -0.25) is 24.0 Å². The van der Waals surface area contributed by atoms with E-state index >= 15 is 4.39 Å². The molecule has 0 radical (unpaired) electrons. The third-order valence-corrected chi connectivity index (χ3v) is 14.8. The topological polar surface area (TPSA) is 154 Å². The van der Waals surface area contributed by atoms with Crippen LogP contribution in [0.25, 0.3) is 0 Å². The van der Waals surface area contributed by atoms with E-state index < -0.39 is 70.3 Å². The van der Waals surface area contributed by atoms with Gasteiger partial charge in [0.1, 0.15) is 11.7 Å². The Bertz CT molecular complexity index is 1590. The Morgan fingerprint density at radius 3 is 2.23 bits per heavy atom. The summed E-state index contributed by atoms with van der Waals surface area (Å²) in [5, 5.41) is 23.7. The number of unbranched alkanes of at least 4 members (excludes halogenated alkanes) is 11. The molecule has 9 atom stereocenters. The minimum absolute atomic E-state index is 0.0328. The number of rotatable bonds is 27. The maximum atomic E-state index is 17.4. The summed E-state index contributed by atoms with van der Waals surface area (Å²) in [5.74, 6) is -3.93. The van der Waals surface area contributed by atoms with Crippen molar-refractivity contribution in [3.8, 4) is 0 Å². The molecule has 344 valence electrons. The monoisotopic (exact) mass is 857 g/mol. The van der Waals surface area contributed by atoms with Gasteiger partial charge in [-0.2, -0.15) is 0 Å². The van der Waals surface area contributed by atoms with Gasteiger partial charge in [0.2, 0.25) is 5.78 Å². The van der Waals surface area contributed by atoms with E-state index in [0.717, 1.165) is 83.5 Å².